The van der Waals surface area contributed by atoms with Crippen LogP contribution in [0.5, 0.6) is 5.75 Å². The minimum atomic E-state index is 0.283. The van der Waals surface area contributed by atoms with E-state index in [0.29, 0.717) is 0 Å². The third-order valence-corrected chi connectivity index (χ3v) is 6.01. The van der Waals surface area contributed by atoms with Crippen molar-refractivity contribution in [2.75, 3.05) is 14.2 Å². The van der Waals surface area contributed by atoms with Crippen molar-refractivity contribution in [2.24, 2.45) is 11.8 Å². The predicted molar refractivity (Wildman–Crippen MR) is 102 cm³/mol. The minimum Gasteiger partial charge on any atom is -0.496 e. The van der Waals surface area contributed by atoms with E-state index in [9.17, 15) is 0 Å². The summed E-state index contributed by atoms with van der Waals surface area (Å²) in [4.78, 5) is 2.55. The lowest BCUT2D eigenvalue weighted by molar-refractivity contribution is 0.0343. The Bertz CT molecular complexity index is 518. The first-order valence-electron chi connectivity index (χ1n) is 8.91. The van der Waals surface area contributed by atoms with Gasteiger partial charge in [-0.2, -0.15) is 0 Å². The topological polar surface area (TPSA) is 12.5 Å². The van der Waals surface area contributed by atoms with Crippen LogP contribution in [0.4, 0.5) is 0 Å². The zero-order chi connectivity index (χ0) is 17.0. The van der Waals surface area contributed by atoms with Crippen molar-refractivity contribution in [3.05, 3.63) is 28.2 Å². The Morgan fingerprint density at radius 3 is 2.74 bits per heavy atom. The molecule has 130 valence electrons. The highest BCUT2D eigenvalue weighted by atomic mass is 79.9. The molecule has 1 aromatic rings. The molecule has 1 fully saturated rings. The molecule has 0 spiro atoms. The zero-order valence-corrected chi connectivity index (χ0v) is 16.9. The molecule has 1 aromatic carbocycles. The molecule has 0 aliphatic heterocycles. The van der Waals surface area contributed by atoms with Gasteiger partial charge >= 0.3 is 0 Å². The summed E-state index contributed by atoms with van der Waals surface area (Å²) < 4.78 is 6.67. The van der Waals surface area contributed by atoms with Crippen LogP contribution in [0, 0.1) is 11.8 Å². The summed E-state index contributed by atoms with van der Waals surface area (Å²) in [6, 6.07) is 6.29. The van der Waals surface area contributed by atoms with Crippen molar-refractivity contribution < 1.29 is 4.74 Å². The number of benzene rings is 1. The lowest BCUT2D eigenvalue weighted by Gasteiger charge is -2.47. The molecule has 0 bridgehead atoms. The Morgan fingerprint density at radius 2 is 2.09 bits per heavy atom. The second-order valence-electron chi connectivity index (χ2n) is 7.71. The first-order valence-corrected chi connectivity index (χ1v) is 9.71. The third-order valence-electron chi connectivity index (χ3n) is 5.52. The van der Waals surface area contributed by atoms with E-state index in [1.165, 1.54) is 37.7 Å². The Labute approximate surface area is 150 Å². The monoisotopic (exact) mass is 381 g/mol. The molecule has 0 aromatic heterocycles. The quantitative estimate of drug-likeness (QED) is 0.609. The van der Waals surface area contributed by atoms with Gasteiger partial charge in [-0.3, -0.25) is 4.90 Å². The number of rotatable bonds is 6. The molecule has 1 aliphatic carbocycles. The van der Waals surface area contributed by atoms with Crippen LogP contribution in [-0.4, -0.2) is 24.6 Å². The van der Waals surface area contributed by atoms with Crippen LogP contribution in [0.3, 0.4) is 0 Å². The number of hydrogen-bond acceptors (Lipinski definition) is 2. The Hall–Kier alpha value is -0.540. The highest BCUT2D eigenvalue weighted by Crippen LogP contribution is 2.42. The van der Waals surface area contributed by atoms with E-state index in [2.05, 4.69) is 60.8 Å². The molecule has 2 nitrogen and oxygen atoms in total. The van der Waals surface area contributed by atoms with Crippen LogP contribution in [0.1, 0.15) is 58.4 Å². The van der Waals surface area contributed by atoms with Gasteiger partial charge in [-0.1, -0.05) is 42.6 Å². The van der Waals surface area contributed by atoms with Crippen molar-refractivity contribution in [2.45, 2.75) is 65.0 Å². The maximum absolute atomic E-state index is 5.55. The number of hydrogen-bond donors (Lipinski definition) is 0. The first kappa shape index (κ1) is 18.8. The maximum atomic E-state index is 5.55. The minimum absolute atomic E-state index is 0.283. The van der Waals surface area contributed by atoms with E-state index in [1.807, 2.05) is 6.07 Å². The summed E-state index contributed by atoms with van der Waals surface area (Å²) in [5.41, 5.74) is 1.54. The summed E-state index contributed by atoms with van der Waals surface area (Å²) in [6.07, 6.45) is 6.68. The second kappa shape index (κ2) is 8.02. The van der Waals surface area contributed by atoms with Gasteiger partial charge in [-0.05, 0) is 63.3 Å². The molecule has 3 heteroatoms. The third kappa shape index (κ3) is 4.73. The summed E-state index contributed by atoms with van der Waals surface area (Å²) in [7, 11) is 4.04. The van der Waals surface area contributed by atoms with Gasteiger partial charge in [0.15, 0.2) is 0 Å². The average molecular weight is 382 g/mol. The van der Waals surface area contributed by atoms with E-state index in [0.717, 1.165) is 28.6 Å². The zero-order valence-electron chi connectivity index (χ0n) is 15.4. The van der Waals surface area contributed by atoms with Gasteiger partial charge in [0, 0.05) is 22.1 Å². The molecular weight excluding hydrogens is 350 g/mol. The van der Waals surface area contributed by atoms with Gasteiger partial charge in [-0.15, -0.1) is 0 Å². The van der Waals surface area contributed by atoms with E-state index in [-0.39, 0.29) is 5.54 Å². The van der Waals surface area contributed by atoms with Crippen LogP contribution in [0.15, 0.2) is 22.7 Å². The van der Waals surface area contributed by atoms with Crippen molar-refractivity contribution in [3.63, 3.8) is 0 Å². The number of halogens is 1. The molecule has 1 aliphatic rings. The fourth-order valence-corrected chi connectivity index (χ4v) is 4.86. The normalized spacial score (nSPS) is 28.1. The Balaban J connectivity index is 2.15. The van der Waals surface area contributed by atoms with E-state index < -0.39 is 0 Å². The molecular formula is C20H32BrNO. The van der Waals surface area contributed by atoms with Crippen LogP contribution >= 0.6 is 15.9 Å². The van der Waals surface area contributed by atoms with Gasteiger partial charge in [0.25, 0.3) is 0 Å². The highest BCUT2D eigenvalue weighted by Gasteiger charge is 2.38. The molecule has 0 radical (unpaired) electrons. The molecule has 23 heavy (non-hydrogen) atoms. The van der Waals surface area contributed by atoms with Gasteiger partial charge < -0.3 is 4.74 Å². The molecule has 0 heterocycles. The van der Waals surface area contributed by atoms with Gasteiger partial charge in [-0.25, -0.2) is 0 Å². The van der Waals surface area contributed by atoms with Gasteiger partial charge in [0.1, 0.15) is 5.75 Å². The van der Waals surface area contributed by atoms with Crippen LogP contribution in [0.2, 0.25) is 0 Å². The SMILES string of the molecule is CCCC1CC(C)CC(C)(N(C)Cc2cc(Br)ccc2OC)C1. The molecule has 1 saturated carbocycles. The molecule has 0 amide bonds. The lowest BCUT2D eigenvalue weighted by Crippen LogP contribution is -2.48. The second-order valence-corrected chi connectivity index (χ2v) is 8.63. The Kier molecular flexibility index (Phi) is 6.56. The van der Waals surface area contributed by atoms with Crippen LogP contribution in [0.25, 0.3) is 0 Å². The van der Waals surface area contributed by atoms with Crippen LogP contribution < -0.4 is 4.74 Å². The lowest BCUT2D eigenvalue weighted by atomic mass is 9.70. The van der Waals surface area contributed by atoms with Gasteiger partial charge in [0.05, 0.1) is 7.11 Å². The van der Waals surface area contributed by atoms with Gasteiger partial charge in [0.2, 0.25) is 0 Å². The standard InChI is InChI=1S/C20H32BrNO/c1-6-7-16-10-15(2)12-20(3,13-16)22(4)14-17-11-18(21)8-9-19(17)23-5/h8-9,11,15-16H,6-7,10,12-14H2,1-5H3. The molecule has 2 rings (SSSR count). The van der Waals surface area contributed by atoms with Crippen molar-refractivity contribution in [3.8, 4) is 5.75 Å². The van der Waals surface area contributed by atoms with E-state index >= 15 is 0 Å². The number of nitrogens with zero attached hydrogens (tertiary/aromatic N) is 1. The summed E-state index contributed by atoms with van der Waals surface area (Å²) in [6.45, 7) is 8.13. The molecule has 3 atom stereocenters. The summed E-state index contributed by atoms with van der Waals surface area (Å²) >= 11 is 3.59. The van der Waals surface area contributed by atoms with Crippen molar-refractivity contribution >= 4 is 15.9 Å². The van der Waals surface area contributed by atoms with Crippen molar-refractivity contribution in [1.82, 2.24) is 4.90 Å². The highest BCUT2D eigenvalue weighted by molar-refractivity contribution is 9.10. The molecule has 0 saturated heterocycles. The smallest absolute Gasteiger partial charge is 0.123 e. The number of methoxy groups -OCH3 is 1. The first-order chi connectivity index (χ1) is 10.9. The Morgan fingerprint density at radius 1 is 1.35 bits per heavy atom. The van der Waals surface area contributed by atoms with E-state index in [4.69, 9.17) is 4.74 Å². The summed E-state index contributed by atoms with van der Waals surface area (Å²) in [5, 5.41) is 0. The van der Waals surface area contributed by atoms with Crippen LogP contribution in [-0.2, 0) is 6.54 Å². The van der Waals surface area contributed by atoms with E-state index in [1.54, 1.807) is 7.11 Å². The largest absolute Gasteiger partial charge is 0.496 e. The molecule has 3 unspecified atom stereocenters. The fourth-order valence-electron chi connectivity index (χ4n) is 4.45. The van der Waals surface area contributed by atoms with Crippen molar-refractivity contribution in [1.29, 1.82) is 0 Å². The fraction of sp³-hybridized carbons (Fsp3) is 0.700. The summed E-state index contributed by atoms with van der Waals surface area (Å²) in [5.74, 6) is 2.68. The maximum Gasteiger partial charge on any atom is 0.123 e. The predicted octanol–water partition coefficient (Wildman–Crippen LogP) is 5.88. The average Bonchev–Trinajstić information content (AvgIpc) is 2.47. The molecule has 0 N–H and O–H groups in total. The number of ether oxygens (including phenoxy) is 1.